The van der Waals surface area contributed by atoms with Crippen LogP contribution in [-0.2, 0) is 17.9 Å². The number of anilines is 1. The molecule has 148 valence electrons. The highest BCUT2D eigenvalue weighted by molar-refractivity contribution is 7.14. The quantitative estimate of drug-likeness (QED) is 0.527. The van der Waals surface area contributed by atoms with E-state index in [1.54, 1.807) is 10.9 Å². The number of hydrogen-bond donors (Lipinski definition) is 1. The summed E-state index contributed by atoms with van der Waals surface area (Å²) in [5.41, 5.74) is 4.74. The number of rotatable bonds is 6. The zero-order valence-electron chi connectivity index (χ0n) is 16.3. The number of amides is 1. The average Bonchev–Trinajstić information content (AvgIpc) is 3.12. The van der Waals surface area contributed by atoms with Crippen molar-refractivity contribution in [3.05, 3.63) is 41.3 Å². The molecule has 0 unspecified atom stereocenters. The molecule has 0 aromatic carbocycles. The molecule has 1 saturated carbocycles. The molecular formula is C20H21N7OS. The lowest BCUT2D eigenvalue weighted by Crippen LogP contribution is -2.19. The molecule has 0 atom stereocenters. The van der Waals surface area contributed by atoms with Crippen molar-refractivity contribution in [2.75, 3.05) is 5.32 Å². The van der Waals surface area contributed by atoms with Gasteiger partial charge in [0.15, 0.2) is 10.8 Å². The van der Waals surface area contributed by atoms with Gasteiger partial charge in [-0.1, -0.05) is 0 Å². The smallest absolute Gasteiger partial charge is 0.247 e. The third-order valence-corrected chi connectivity index (χ3v) is 5.91. The summed E-state index contributed by atoms with van der Waals surface area (Å²) in [6, 6.07) is 2.08. The summed E-state index contributed by atoms with van der Waals surface area (Å²) in [7, 11) is 0. The number of nitrogens with one attached hydrogen (secondary N) is 1. The van der Waals surface area contributed by atoms with E-state index in [0.29, 0.717) is 11.0 Å². The van der Waals surface area contributed by atoms with E-state index in [4.69, 9.17) is 0 Å². The van der Waals surface area contributed by atoms with Gasteiger partial charge in [-0.05, 0) is 44.2 Å². The Morgan fingerprint density at radius 3 is 3.00 bits per heavy atom. The number of aromatic nitrogens is 6. The van der Waals surface area contributed by atoms with Crippen molar-refractivity contribution in [3.8, 4) is 11.3 Å². The van der Waals surface area contributed by atoms with Crippen LogP contribution in [0.5, 0.6) is 0 Å². The van der Waals surface area contributed by atoms with Crippen molar-refractivity contribution in [1.82, 2.24) is 29.5 Å². The largest absolute Gasteiger partial charge is 0.300 e. The Labute approximate surface area is 171 Å². The first-order valence-electron chi connectivity index (χ1n) is 9.72. The number of carbonyl (C=O) groups excluding carboxylic acids is 1. The average molecular weight is 408 g/mol. The van der Waals surface area contributed by atoms with Gasteiger partial charge >= 0.3 is 0 Å². The maximum absolute atomic E-state index is 12.6. The minimum atomic E-state index is -0.168. The van der Waals surface area contributed by atoms with E-state index in [2.05, 4.69) is 31.5 Å². The summed E-state index contributed by atoms with van der Waals surface area (Å²) in [4.78, 5) is 21.6. The van der Waals surface area contributed by atoms with Crippen LogP contribution in [0.15, 0.2) is 30.0 Å². The van der Waals surface area contributed by atoms with Crippen LogP contribution < -0.4 is 5.32 Å². The highest BCUT2D eigenvalue weighted by Crippen LogP contribution is 2.43. The Morgan fingerprint density at radius 2 is 2.24 bits per heavy atom. The molecule has 0 radical (unpaired) electrons. The van der Waals surface area contributed by atoms with E-state index >= 15 is 0 Å². The molecule has 1 N–H and O–H groups in total. The third-order valence-electron chi connectivity index (χ3n) is 5.15. The van der Waals surface area contributed by atoms with Gasteiger partial charge in [-0.25, -0.2) is 14.6 Å². The number of carbonyl (C=O) groups is 1. The van der Waals surface area contributed by atoms with Crippen LogP contribution in [0.2, 0.25) is 0 Å². The van der Waals surface area contributed by atoms with Gasteiger partial charge in [0.25, 0.3) is 0 Å². The van der Waals surface area contributed by atoms with E-state index in [0.717, 1.165) is 34.5 Å². The first-order valence-corrected chi connectivity index (χ1v) is 10.6. The molecule has 4 aromatic rings. The van der Waals surface area contributed by atoms with Crippen molar-refractivity contribution >= 4 is 33.4 Å². The first kappa shape index (κ1) is 18.0. The topological polar surface area (TPSA) is 90.5 Å². The number of aryl methyl sites for hydroxylation is 2. The van der Waals surface area contributed by atoms with Crippen LogP contribution >= 0.6 is 11.3 Å². The van der Waals surface area contributed by atoms with Crippen LogP contribution in [0.25, 0.3) is 22.3 Å². The lowest BCUT2D eigenvalue weighted by Gasteiger charge is -2.04. The molecule has 4 aromatic heterocycles. The third kappa shape index (κ3) is 3.42. The number of hydrogen-bond acceptors (Lipinski definition) is 6. The summed E-state index contributed by atoms with van der Waals surface area (Å²) in [6.45, 7) is 4.93. The summed E-state index contributed by atoms with van der Waals surface area (Å²) in [5.74, 6) is 0.439. The maximum Gasteiger partial charge on any atom is 0.247 e. The number of pyridine rings is 1. The molecular weight excluding hydrogens is 386 g/mol. The van der Waals surface area contributed by atoms with Crippen LogP contribution in [0.4, 0.5) is 5.13 Å². The van der Waals surface area contributed by atoms with Gasteiger partial charge in [-0.3, -0.25) is 9.48 Å². The normalized spacial score (nSPS) is 13.9. The van der Waals surface area contributed by atoms with Crippen molar-refractivity contribution in [3.63, 3.8) is 0 Å². The maximum atomic E-state index is 12.6. The summed E-state index contributed by atoms with van der Waals surface area (Å²) >= 11 is 1.40. The fourth-order valence-corrected chi connectivity index (χ4v) is 4.32. The van der Waals surface area contributed by atoms with E-state index < -0.39 is 0 Å². The molecule has 1 aliphatic carbocycles. The first-order chi connectivity index (χ1) is 14.1. The second-order valence-corrected chi connectivity index (χ2v) is 8.15. The summed E-state index contributed by atoms with van der Waals surface area (Å²) in [5, 5.41) is 15.3. The molecule has 1 fully saturated rings. The fraction of sp³-hybridized carbons (Fsp3) is 0.350. The summed E-state index contributed by atoms with van der Waals surface area (Å²) in [6.07, 6.45) is 7.98. The molecule has 0 spiro atoms. The van der Waals surface area contributed by atoms with Gasteiger partial charge in [0.05, 0.1) is 17.6 Å². The lowest BCUT2D eigenvalue weighted by atomic mass is 10.1. The van der Waals surface area contributed by atoms with E-state index in [1.807, 2.05) is 36.3 Å². The minimum absolute atomic E-state index is 0.105. The second kappa shape index (κ2) is 7.07. The van der Waals surface area contributed by atoms with Crippen LogP contribution in [0.3, 0.4) is 0 Å². The Hall–Kier alpha value is -3.07. The van der Waals surface area contributed by atoms with E-state index in [9.17, 15) is 4.79 Å². The van der Waals surface area contributed by atoms with E-state index in [-0.39, 0.29) is 12.5 Å². The Kier molecular flexibility index (Phi) is 4.39. The molecule has 29 heavy (non-hydrogen) atoms. The lowest BCUT2D eigenvalue weighted by molar-refractivity contribution is -0.116. The van der Waals surface area contributed by atoms with Crippen molar-refractivity contribution in [2.24, 2.45) is 0 Å². The van der Waals surface area contributed by atoms with Gasteiger partial charge in [0.2, 0.25) is 5.91 Å². The highest BCUT2D eigenvalue weighted by Gasteiger charge is 2.27. The highest BCUT2D eigenvalue weighted by atomic mass is 32.1. The van der Waals surface area contributed by atoms with Gasteiger partial charge in [-0.2, -0.15) is 10.2 Å². The van der Waals surface area contributed by atoms with Crippen molar-refractivity contribution in [2.45, 2.75) is 45.7 Å². The van der Waals surface area contributed by atoms with Crippen LogP contribution in [-0.4, -0.2) is 35.4 Å². The molecule has 9 heteroatoms. The van der Waals surface area contributed by atoms with Gasteiger partial charge < -0.3 is 5.32 Å². The Balaban J connectivity index is 1.33. The number of thiazole rings is 1. The SMILES string of the molecule is CCn1cc(-c2csc(NC(=O)Cn3nc(C)c4c(C5CC5)ccnc43)n2)cn1. The molecule has 0 saturated heterocycles. The molecule has 8 nitrogen and oxygen atoms in total. The second-order valence-electron chi connectivity index (χ2n) is 7.29. The van der Waals surface area contributed by atoms with Crippen LogP contribution in [0, 0.1) is 6.92 Å². The predicted octanol–water partition coefficient (Wildman–Crippen LogP) is 3.60. The molecule has 5 rings (SSSR count). The zero-order valence-corrected chi connectivity index (χ0v) is 17.1. The number of nitrogens with zero attached hydrogens (tertiary/aromatic N) is 6. The van der Waals surface area contributed by atoms with Gasteiger partial charge in [0, 0.05) is 35.3 Å². The van der Waals surface area contributed by atoms with E-state index in [1.165, 1.54) is 29.7 Å². The van der Waals surface area contributed by atoms with Crippen molar-refractivity contribution < 1.29 is 4.79 Å². The van der Waals surface area contributed by atoms with Gasteiger partial charge in [-0.15, -0.1) is 11.3 Å². The fourth-order valence-electron chi connectivity index (χ4n) is 3.58. The van der Waals surface area contributed by atoms with Crippen LogP contribution in [0.1, 0.15) is 36.9 Å². The monoisotopic (exact) mass is 407 g/mol. The Bertz CT molecular complexity index is 1200. The molecule has 1 aliphatic rings. The summed E-state index contributed by atoms with van der Waals surface area (Å²) < 4.78 is 3.53. The Morgan fingerprint density at radius 1 is 1.38 bits per heavy atom. The predicted molar refractivity (Wildman–Crippen MR) is 112 cm³/mol. The minimum Gasteiger partial charge on any atom is -0.300 e. The molecule has 0 bridgehead atoms. The standard InChI is InChI=1S/C20H21N7OS/c1-3-26-9-14(8-22-26)16-11-29-20(23-16)24-17(28)10-27-19-18(12(2)25-27)15(6-7-21-19)13-4-5-13/h6-9,11,13H,3-5,10H2,1-2H3,(H,23,24,28). The molecule has 4 heterocycles. The molecule has 1 amide bonds. The zero-order chi connectivity index (χ0) is 20.0. The number of fused-ring (bicyclic) bond motifs is 1. The van der Waals surface area contributed by atoms with Crippen molar-refractivity contribution in [1.29, 1.82) is 0 Å². The van der Waals surface area contributed by atoms with Gasteiger partial charge in [0.1, 0.15) is 6.54 Å². The molecule has 0 aliphatic heterocycles.